The highest BCUT2D eigenvalue weighted by Crippen LogP contribution is 2.28. The Morgan fingerprint density at radius 2 is 1.83 bits per heavy atom. The molecule has 8 heteroatoms. The SMILES string of the molecule is CCN1CCN(C2=N[C@@H](NC(=O)Nc3cccc(C)c3)C(=O)N(CC(C)C)c3ccccc32)CC1. The number of hydrogen-bond acceptors (Lipinski definition) is 5. The van der Waals surface area contributed by atoms with Crippen molar-refractivity contribution in [3.05, 3.63) is 59.7 Å². The number of anilines is 2. The average Bonchev–Trinajstić information content (AvgIpc) is 2.94. The van der Waals surface area contributed by atoms with Gasteiger partial charge in [0.15, 0.2) is 0 Å². The van der Waals surface area contributed by atoms with Crippen LogP contribution in [0.25, 0.3) is 0 Å². The van der Waals surface area contributed by atoms with E-state index < -0.39 is 12.2 Å². The fourth-order valence-corrected chi connectivity index (χ4v) is 4.60. The molecule has 4 rings (SSSR count). The first-order chi connectivity index (χ1) is 16.9. The third-order valence-electron chi connectivity index (χ3n) is 6.40. The van der Waals surface area contributed by atoms with Gasteiger partial charge in [-0.05, 0) is 49.2 Å². The number of para-hydroxylation sites is 1. The molecule has 0 saturated carbocycles. The number of aryl methyl sites for hydroxylation is 1. The van der Waals surface area contributed by atoms with Crippen molar-refractivity contribution in [3.8, 4) is 0 Å². The van der Waals surface area contributed by atoms with Crippen LogP contribution in [0, 0.1) is 12.8 Å². The van der Waals surface area contributed by atoms with Crippen LogP contribution in [0.4, 0.5) is 16.2 Å². The molecule has 2 aliphatic heterocycles. The maximum Gasteiger partial charge on any atom is 0.321 e. The van der Waals surface area contributed by atoms with Gasteiger partial charge >= 0.3 is 6.03 Å². The number of nitrogens with one attached hydrogen (secondary N) is 2. The summed E-state index contributed by atoms with van der Waals surface area (Å²) >= 11 is 0. The number of carbonyl (C=O) groups is 2. The second kappa shape index (κ2) is 10.9. The molecule has 1 atom stereocenters. The Morgan fingerprint density at radius 3 is 2.51 bits per heavy atom. The summed E-state index contributed by atoms with van der Waals surface area (Å²) in [5.41, 5.74) is 3.48. The lowest BCUT2D eigenvalue weighted by atomic mass is 10.1. The number of aliphatic imine (C=N–C) groups is 1. The molecule has 0 bridgehead atoms. The lowest BCUT2D eigenvalue weighted by Crippen LogP contribution is -2.51. The molecule has 2 aromatic carbocycles. The lowest BCUT2D eigenvalue weighted by molar-refractivity contribution is -0.120. The maximum absolute atomic E-state index is 13.8. The van der Waals surface area contributed by atoms with Gasteiger partial charge in [0.2, 0.25) is 6.17 Å². The van der Waals surface area contributed by atoms with Gasteiger partial charge in [-0.1, -0.05) is 45.0 Å². The Morgan fingerprint density at radius 1 is 1.09 bits per heavy atom. The summed E-state index contributed by atoms with van der Waals surface area (Å²) in [5.74, 6) is 0.785. The number of nitrogens with zero attached hydrogens (tertiary/aromatic N) is 4. The predicted octanol–water partition coefficient (Wildman–Crippen LogP) is 3.53. The van der Waals surface area contributed by atoms with Crippen molar-refractivity contribution >= 4 is 29.1 Å². The topological polar surface area (TPSA) is 80.3 Å². The van der Waals surface area contributed by atoms with E-state index in [1.54, 1.807) is 4.90 Å². The van der Waals surface area contributed by atoms with Crippen LogP contribution in [0.1, 0.15) is 31.9 Å². The van der Waals surface area contributed by atoms with Crippen LogP contribution in [-0.4, -0.2) is 73.0 Å². The Labute approximate surface area is 208 Å². The second-order valence-electron chi connectivity index (χ2n) is 9.60. The van der Waals surface area contributed by atoms with E-state index in [0.717, 1.165) is 55.4 Å². The zero-order valence-corrected chi connectivity index (χ0v) is 21.1. The highest BCUT2D eigenvalue weighted by Gasteiger charge is 2.35. The third-order valence-corrected chi connectivity index (χ3v) is 6.40. The number of fused-ring (bicyclic) bond motifs is 1. The normalized spacial score (nSPS) is 18.7. The monoisotopic (exact) mass is 476 g/mol. The third kappa shape index (κ3) is 5.82. The minimum atomic E-state index is -1.02. The minimum Gasteiger partial charge on any atom is -0.354 e. The van der Waals surface area contributed by atoms with Crippen LogP contribution in [-0.2, 0) is 4.79 Å². The molecular formula is C27H36N6O2. The van der Waals surface area contributed by atoms with Crippen molar-refractivity contribution in [2.45, 2.75) is 33.9 Å². The van der Waals surface area contributed by atoms with Crippen molar-refractivity contribution in [2.75, 3.05) is 49.5 Å². The molecular weight excluding hydrogens is 440 g/mol. The fourth-order valence-electron chi connectivity index (χ4n) is 4.60. The standard InChI is InChI=1S/C27H36N6O2/c1-5-31-13-15-32(16-14-31)25-22-11-6-7-12-23(22)33(18-19(2)3)26(34)24(29-25)30-27(35)28-21-10-8-9-20(4)17-21/h6-12,17,19,24H,5,13-16,18H2,1-4H3,(H2,28,30,35)/t24-/m0/s1. The van der Waals surface area contributed by atoms with Gasteiger partial charge in [-0.15, -0.1) is 0 Å². The quantitative estimate of drug-likeness (QED) is 0.692. The first-order valence-corrected chi connectivity index (χ1v) is 12.5. The molecule has 1 fully saturated rings. The van der Waals surface area contributed by atoms with Crippen LogP contribution >= 0.6 is 0 Å². The summed E-state index contributed by atoms with van der Waals surface area (Å²) in [6.07, 6.45) is -1.02. The van der Waals surface area contributed by atoms with E-state index in [0.29, 0.717) is 12.2 Å². The minimum absolute atomic E-state index is 0.229. The number of amidine groups is 1. The van der Waals surface area contributed by atoms with Crippen LogP contribution in [0.5, 0.6) is 0 Å². The Hall–Kier alpha value is -3.39. The summed E-state index contributed by atoms with van der Waals surface area (Å²) in [6.45, 7) is 13.4. The van der Waals surface area contributed by atoms with Gasteiger partial charge in [0.25, 0.3) is 5.91 Å². The van der Waals surface area contributed by atoms with E-state index in [1.165, 1.54) is 0 Å². The molecule has 35 heavy (non-hydrogen) atoms. The number of piperazine rings is 1. The maximum atomic E-state index is 13.8. The number of urea groups is 1. The number of benzodiazepines with no additional fused rings is 1. The summed E-state index contributed by atoms with van der Waals surface area (Å²) < 4.78 is 0. The van der Waals surface area contributed by atoms with Crippen molar-refractivity contribution < 1.29 is 9.59 Å². The zero-order valence-electron chi connectivity index (χ0n) is 21.1. The van der Waals surface area contributed by atoms with Gasteiger partial charge in [-0.2, -0.15) is 0 Å². The Bertz CT molecular complexity index is 1090. The van der Waals surface area contributed by atoms with Gasteiger partial charge in [0.05, 0.1) is 5.69 Å². The number of carbonyl (C=O) groups excluding carboxylic acids is 2. The highest BCUT2D eigenvalue weighted by molar-refractivity contribution is 6.12. The van der Waals surface area contributed by atoms with E-state index >= 15 is 0 Å². The number of likely N-dealkylation sites (N-methyl/N-ethyl adjacent to an activating group) is 1. The Balaban J connectivity index is 1.67. The molecule has 8 nitrogen and oxygen atoms in total. The largest absolute Gasteiger partial charge is 0.354 e. The smallest absolute Gasteiger partial charge is 0.321 e. The molecule has 2 heterocycles. The van der Waals surface area contributed by atoms with Gasteiger partial charge in [0, 0.05) is 44.0 Å². The average molecular weight is 477 g/mol. The summed E-state index contributed by atoms with van der Waals surface area (Å²) in [5, 5.41) is 5.68. The molecule has 2 aromatic rings. The van der Waals surface area contributed by atoms with E-state index in [-0.39, 0.29) is 11.8 Å². The lowest BCUT2D eigenvalue weighted by Gasteiger charge is -2.36. The molecule has 2 aliphatic rings. The van der Waals surface area contributed by atoms with Gasteiger partial charge in [-0.3, -0.25) is 4.79 Å². The van der Waals surface area contributed by atoms with Crippen LogP contribution in [0.2, 0.25) is 0 Å². The van der Waals surface area contributed by atoms with Crippen molar-refractivity contribution in [1.29, 1.82) is 0 Å². The van der Waals surface area contributed by atoms with Gasteiger partial charge < -0.3 is 25.3 Å². The molecule has 2 N–H and O–H groups in total. The highest BCUT2D eigenvalue weighted by atomic mass is 16.2. The molecule has 186 valence electrons. The molecule has 3 amide bonds. The number of hydrogen-bond donors (Lipinski definition) is 2. The molecule has 0 spiro atoms. The van der Waals surface area contributed by atoms with Crippen molar-refractivity contribution in [3.63, 3.8) is 0 Å². The van der Waals surface area contributed by atoms with Crippen LogP contribution in [0.3, 0.4) is 0 Å². The molecule has 0 aromatic heterocycles. The molecule has 0 unspecified atom stereocenters. The van der Waals surface area contributed by atoms with Crippen molar-refractivity contribution in [1.82, 2.24) is 15.1 Å². The van der Waals surface area contributed by atoms with Crippen LogP contribution in [0.15, 0.2) is 53.5 Å². The first kappa shape index (κ1) is 24.7. The van der Waals surface area contributed by atoms with E-state index in [9.17, 15) is 9.59 Å². The molecule has 0 aliphatic carbocycles. The predicted molar refractivity (Wildman–Crippen MR) is 141 cm³/mol. The summed E-state index contributed by atoms with van der Waals surface area (Å²) in [4.78, 5) is 38.0. The van der Waals surface area contributed by atoms with Crippen molar-refractivity contribution in [2.24, 2.45) is 10.9 Å². The van der Waals surface area contributed by atoms with E-state index in [2.05, 4.69) is 41.2 Å². The fraction of sp³-hybridized carbons (Fsp3) is 0.444. The zero-order chi connectivity index (χ0) is 24.9. The van der Waals surface area contributed by atoms with E-state index in [1.807, 2.05) is 55.5 Å². The molecule has 1 saturated heterocycles. The Kier molecular flexibility index (Phi) is 7.70. The second-order valence-corrected chi connectivity index (χ2v) is 9.60. The summed E-state index contributed by atoms with van der Waals surface area (Å²) in [6, 6.07) is 15.0. The van der Waals surface area contributed by atoms with Gasteiger partial charge in [-0.25, -0.2) is 9.79 Å². The van der Waals surface area contributed by atoms with Crippen LogP contribution < -0.4 is 15.5 Å². The number of rotatable bonds is 5. The molecule has 0 radical (unpaired) electrons. The summed E-state index contributed by atoms with van der Waals surface area (Å²) in [7, 11) is 0. The first-order valence-electron chi connectivity index (χ1n) is 12.5. The van der Waals surface area contributed by atoms with E-state index in [4.69, 9.17) is 4.99 Å². The van der Waals surface area contributed by atoms with Gasteiger partial charge in [0.1, 0.15) is 5.84 Å². The number of benzene rings is 2. The number of amides is 3.